The molecule has 0 N–H and O–H groups in total. The van der Waals surface area contributed by atoms with Crippen molar-refractivity contribution in [2.45, 2.75) is 155 Å². The van der Waals surface area contributed by atoms with Crippen molar-refractivity contribution < 1.29 is 52.2 Å². The van der Waals surface area contributed by atoms with E-state index in [4.69, 9.17) is 42.6 Å². The van der Waals surface area contributed by atoms with Crippen molar-refractivity contribution in [3.05, 3.63) is 0 Å². The zero-order chi connectivity index (χ0) is 38.4. The predicted molar refractivity (Wildman–Crippen MR) is 211 cm³/mol. The monoisotopic (exact) mass is 763 g/mol. The summed E-state index contributed by atoms with van der Waals surface area (Å²) in [5.74, 6) is -0.273. The lowest BCUT2D eigenvalue weighted by Crippen LogP contribution is -2.15. The molecule has 0 saturated heterocycles. The fraction of sp³-hybridized carbons (Fsp3) is 0.952. The van der Waals surface area contributed by atoms with Gasteiger partial charge in [0.15, 0.2) is 0 Å². The van der Waals surface area contributed by atoms with Crippen LogP contribution in [-0.4, -0.2) is 118 Å². The zero-order valence-electron chi connectivity index (χ0n) is 34.4. The summed E-state index contributed by atoms with van der Waals surface area (Å²) in [4.78, 5) is 23.6. The molecule has 0 aliphatic carbocycles. The van der Waals surface area contributed by atoms with E-state index in [1.807, 2.05) is 0 Å². The number of unbranched alkanes of at least 4 members (excludes halogenated alkanes) is 18. The summed E-state index contributed by atoms with van der Waals surface area (Å²) in [7, 11) is 0. The van der Waals surface area contributed by atoms with Gasteiger partial charge in [0.05, 0.1) is 92.5 Å². The zero-order valence-corrected chi connectivity index (χ0v) is 34.4. The maximum absolute atomic E-state index is 11.9. The number of carbonyl (C=O) groups excluding carboxylic acids is 2. The molecule has 0 saturated carbocycles. The second-order valence-corrected chi connectivity index (χ2v) is 13.6. The molecule has 0 amide bonds. The van der Waals surface area contributed by atoms with Gasteiger partial charge in [0, 0.05) is 12.8 Å². The first-order valence-electron chi connectivity index (χ1n) is 21.6. The van der Waals surface area contributed by atoms with Gasteiger partial charge in [0.25, 0.3) is 0 Å². The summed E-state index contributed by atoms with van der Waals surface area (Å²) in [5, 5.41) is 0. The lowest BCUT2D eigenvalue weighted by molar-refractivity contribution is -0.146. The number of hydrogen-bond donors (Lipinski definition) is 0. The van der Waals surface area contributed by atoms with Crippen molar-refractivity contribution in [1.29, 1.82) is 0 Å². The Balaban J connectivity index is 3.17. The van der Waals surface area contributed by atoms with Crippen LogP contribution in [0, 0.1) is 0 Å². The molecular formula is C42H82O11. The molecule has 0 heterocycles. The molecule has 0 aromatic rings. The Hall–Kier alpha value is -1.34. The predicted octanol–water partition coefficient (Wildman–Crippen LogP) is 8.81. The first-order valence-corrected chi connectivity index (χ1v) is 21.6. The van der Waals surface area contributed by atoms with E-state index in [1.165, 1.54) is 103 Å². The third kappa shape index (κ3) is 46.7. The number of ether oxygens (including phenoxy) is 9. The van der Waals surface area contributed by atoms with E-state index in [1.54, 1.807) is 0 Å². The molecule has 11 nitrogen and oxygen atoms in total. The van der Waals surface area contributed by atoms with Gasteiger partial charge in [-0.15, -0.1) is 0 Å². The molecule has 0 atom stereocenters. The third-order valence-corrected chi connectivity index (χ3v) is 8.68. The highest BCUT2D eigenvalue weighted by Gasteiger charge is 2.04. The first-order chi connectivity index (χ1) is 26.2. The molecule has 53 heavy (non-hydrogen) atoms. The minimum atomic E-state index is -0.140. The standard InChI is InChI=1S/C42H82O11/c1-3-5-7-9-11-12-13-14-15-16-18-20-22-24-42(44)53-40-38-51-36-34-49-32-30-47-28-26-45-25-27-46-29-31-48-33-35-50-37-39-52-41(43)23-21-19-17-10-8-6-4-2/h3-40H2,1-2H3. The number of hydrogen-bond acceptors (Lipinski definition) is 11. The summed E-state index contributed by atoms with van der Waals surface area (Å²) < 4.78 is 48.8. The quantitative estimate of drug-likeness (QED) is 0.0438. The minimum absolute atomic E-state index is 0.132. The average Bonchev–Trinajstić information content (AvgIpc) is 3.16. The van der Waals surface area contributed by atoms with Crippen LogP contribution >= 0.6 is 0 Å². The maximum atomic E-state index is 11.9. The first kappa shape index (κ1) is 51.7. The maximum Gasteiger partial charge on any atom is 0.305 e. The second-order valence-electron chi connectivity index (χ2n) is 13.6. The molecule has 0 aliphatic rings. The van der Waals surface area contributed by atoms with Gasteiger partial charge in [-0.1, -0.05) is 129 Å². The van der Waals surface area contributed by atoms with Crippen LogP contribution < -0.4 is 0 Å². The highest BCUT2D eigenvalue weighted by atomic mass is 16.6. The van der Waals surface area contributed by atoms with E-state index in [0.29, 0.717) is 105 Å². The SMILES string of the molecule is CCCCCCCCCCCCCCCC(=O)OCCOCCOCCOCCOCCOCCOCCOCCOC(=O)CCCCCCCCC. The number of carbonyl (C=O) groups is 2. The molecule has 0 rings (SSSR count). The van der Waals surface area contributed by atoms with E-state index in [0.717, 1.165) is 25.7 Å². The Labute approximate surface area is 324 Å². The summed E-state index contributed by atoms with van der Waals surface area (Å²) in [6.07, 6.45) is 26.1. The van der Waals surface area contributed by atoms with Crippen LogP contribution in [0.1, 0.15) is 155 Å². The minimum Gasteiger partial charge on any atom is -0.463 e. The third-order valence-electron chi connectivity index (χ3n) is 8.68. The van der Waals surface area contributed by atoms with Crippen molar-refractivity contribution in [2.24, 2.45) is 0 Å². The fourth-order valence-electron chi connectivity index (χ4n) is 5.51. The van der Waals surface area contributed by atoms with E-state index in [-0.39, 0.29) is 25.2 Å². The highest BCUT2D eigenvalue weighted by molar-refractivity contribution is 5.69. The Morgan fingerprint density at radius 3 is 0.679 bits per heavy atom. The van der Waals surface area contributed by atoms with Gasteiger partial charge in [0.2, 0.25) is 0 Å². The van der Waals surface area contributed by atoms with Gasteiger partial charge in [-0.3, -0.25) is 9.59 Å². The summed E-state index contributed by atoms with van der Waals surface area (Å²) >= 11 is 0. The Bertz CT molecular complexity index is 725. The second kappa shape index (κ2) is 46.8. The number of esters is 2. The molecule has 0 aromatic heterocycles. The molecule has 0 bridgehead atoms. The largest absolute Gasteiger partial charge is 0.463 e. The van der Waals surface area contributed by atoms with Gasteiger partial charge in [0.1, 0.15) is 13.2 Å². The van der Waals surface area contributed by atoms with Crippen LogP contribution in [0.4, 0.5) is 0 Å². The molecule has 0 spiro atoms. The van der Waals surface area contributed by atoms with Gasteiger partial charge in [-0.25, -0.2) is 0 Å². The normalized spacial score (nSPS) is 11.4. The van der Waals surface area contributed by atoms with Crippen molar-refractivity contribution in [3.8, 4) is 0 Å². The summed E-state index contributed by atoms with van der Waals surface area (Å²) in [5.41, 5.74) is 0. The molecule has 11 heteroatoms. The van der Waals surface area contributed by atoms with Gasteiger partial charge < -0.3 is 42.6 Å². The van der Waals surface area contributed by atoms with E-state index in [9.17, 15) is 9.59 Å². The van der Waals surface area contributed by atoms with E-state index < -0.39 is 0 Å². The van der Waals surface area contributed by atoms with Crippen molar-refractivity contribution in [2.75, 3.05) is 106 Å². The molecule has 0 aromatic carbocycles. The number of rotatable bonds is 46. The van der Waals surface area contributed by atoms with Gasteiger partial charge >= 0.3 is 11.9 Å². The molecule has 316 valence electrons. The molecular weight excluding hydrogens is 680 g/mol. The smallest absolute Gasteiger partial charge is 0.305 e. The van der Waals surface area contributed by atoms with E-state index >= 15 is 0 Å². The molecule has 0 fully saturated rings. The average molecular weight is 763 g/mol. The Kier molecular flexibility index (Phi) is 45.6. The lowest BCUT2D eigenvalue weighted by Gasteiger charge is -2.09. The van der Waals surface area contributed by atoms with Crippen LogP contribution in [0.15, 0.2) is 0 Å². The van der Waals surface area contributed by atoms with Crippen molar-refractivity contribution in [1.82, 2.24) is 0 Å². The van der Waals surface area contributed by atoms with Crippen LogP contribution in [0.25, 0.3) is 0 Å². The van der Waals surface area contributed by atoms with E-state index in [2.05, 4.69) is 13.8 Å². The molecule has 0 aliphatic heterocycles. The van der Waals surface area contributed by atoms with Crippen LogP contribution in [-0.2, 0) is 52.2 Å². The van der Waals surface area contributed by atoms with Gasteiger partial charge in [-0.2, -0.15) is 0 Å². The topological polar surface area (TPSA) is 117 Å². The Morgan fingerprint density at radius 2 is 0.453 bits per heavy atom. The van der Waals surface area contributed by atoms with Crippen molar-refractivity contribution in [3.63, 3.8) is 0 Å². The van der Waals surface area contributed by atoms with Gasteiger partial charge in [-0.05, 0) is 12.8 Å². The Morgan fingerprint density at radius 1 is 0.264 bits per heavy atom. The highest BCUT2D eigenvalue weighted by Crippen LogP contribution is 2.13. The van der Waals surface area contributed by atoms with Crippen LogP contribution in [0.3, 0.4) is 0 Å². The lowest BCUT2D eigenvalue weighted by atomic mass is 10.0. The van der Waals surface area contributed by atoms with Crippen LogP contribution in [0.2, 0.25) is 0 Å². The van der Waals surface area contributed by atoms with Crippen LogP contribution in [0.5, 0.6) is 0 Å². The fourth-order valence-corrected chi connectivity index (χ4v) is 5.51. The summed E-state index contributed by atoms with van der Waals surface area (Å²) in [6.45, 7) is 11.6. The van der Waals surface area contributed by atoms with Crippen molar-refractivity contribution >= 4 is 11.9 Å². The molecule has 0 radical (unpaired) electrons. The summed E-state index contributed by atoms with van der Waals surface area (Å²) in [6, 6.07) is 0. The molecule has 0 unspecified atom stereocenters.